The van der Waals surface area contributed by atoms with Crippen LogP contribution in [0.3, 0.4) is 0 Å². The summed E-state index contributed by atoms with van der Waals surface area (Å²) < 4.78 is 0. The molecule has 7 nitrogen and oxygen atoms in total. The smallest absolute Gasteiger partial charge is 0.451 e. The van der Waals surface area contributed by atoms with Crippen molar-refractivity contribution in [2.24, 2.45) is 11.1 Å². The van der Waals surface area contributed by atoms with Gasteiger partial charge in [-0.3, -0.25) is 9.59 Å². The topological polar surface area (TPSA) is 124 Å². The zero-order valence-electron chi connectivity index (χ0n) is 14.8. The number of Topliss-reactive ketones (excluding diaryl/α,β-unsaturated/α-hetero) is 1. The van der Waals surface area contributed by atoms with Crippen molar-refractivity contribution in [3.63, 3.8) is 0 Å². The molecule has 1 atom stereocenters. The van der Waals surface area contributed by atoms with E-state index in [2.05, 4.69) is 4.90 Å². The minimum Gasteiger partial charge on any atom is -0.480 e. The average Bonchev–Trinajstić information content (AvgIpc) is 2.50. The fourth-order valence-corrected chi connectivity index (χ4v) is 3.09. The fourth-order valence-electron chi connectivity index (χ4n) is 3.09. The number of ketones is 1. The van der Waals surface area contributed by atoms with E-state index in [4.69, 9.17) is 15.8 Å². The van der Waals surface area contributed by atoms with Gasteiger partial charge in [0.1, 0.15) is 11.3 Å². The Labute approximate surface area is 144 Å². The van der Waals surface area contributed by atoms with Gasteiger partial charge in [-0.05, 0) is 52.0 Å². The van der Waals surface area contributed by atoms with Crippen LogP contribution in [0.5, 0.6) is 0 Å². The van der Waals surface area contributed by atoms with Gasteiger partial charge in [0.05, 0.1) is 0 Å². The first-order chi connectivity index (χ1) is 11.1. The molecule has 1 saturated heterocycles. The molecule has 0 aromatic rings. The van der Waals surface area contributed by atoms with Gasteiger partial charge >= 0.3 is 13.1 Å². The monoisotopic (exact) mass is 342 g/mol. The van der Waals surface area contributed by atoms with Crippen LogP contribution in [-0.4, -0.2) is 64.1 Å². The Morgan fingerprint density at radius 1 is 1.21 bits per heavy atom. The number of rotatable bonds is 10. The van der Waals surface area contributed by atoms with Gasteiger partial charge in [0, 0.05) is 12.0 Å². The molecule has 5 N–H and O–H groups in total. The van der Waals surface area contributed by atoms with Crippen molar-refractivity contribution in [1.29, 1.82) is 0 Å². The third-order valence-electron chi connectivity index (χ3n) is 5.44. The third kappa shape index (κ3) is 6.16. The number of piperidine rings is 1. The summed E-state index contributed by atoms with van der Waals surface area (Å²) in [5.41, 5.74) is 4.53. The summed E-state index contributed by atoms with van der Waals surface area (Å²) in [6, 6.07) is 0. The number of unbranched alkanes of at least 4 members (excludes halogenated alkanes) is 1. The molecule has 0 aliphatic carbocycles. The van der Waals surface area contributed by atoms with E-state index in [9.17, 15) is 14.7 Å². The normalized spacial score (nSPS) is 20.4. The standard InChI is InChI=1S/C16H31BN2O5/c1-13(20)15(2)6-10-19(11-7-15)12-8-16(18,14(21)22)5-3-4-9-17(23)24/h23-24H,3-12,18H2,1-2H3,(H,21,22). The van der Waals surface area contributed by atoms with E-state index in [1.54, 1.807) is 6.92 Å². The van der Waals surface area contributed by atoms with Gasteiger partial charge in [-0.2, -0.15) is 0 Å². The van der Waals surface area contributed by atoms with E-state index < -0.39 is 18.6 Å². The number of hydrogen-bond acceptors (Lipinski definition) is 6. The number of carboxylic acid groups (broad SMARTS) is 1. The Bertz CT molecular complexity index is 438. The second-order valence-corrected chi connectivity index (χ2v) is 7.40. The third-order valence-corrected chi connectivity index (χ3v) is 5.44. The molecule has 0 bridgehead atoms. The minimum atomic E-state index is -1.36. The summed E-state index contributed by atoms with van der Waals surface area (Å²) in [6.45, 7) is 5.78. The van der Waals surface area contributed by atoms with Crippen LogP contribution in [0.15, 0.2) is 0 Å². The number of nitrogens with two attached hydrogens (primary N) is 1. The summed E-state index contributed by atoms with van der Waals surface area (Å²) in [6.07, 6.45) is 3.55. The zero-order chi connectivity index (χ0) is 18.4. The van der Waals surface area contributed by atoms with E-state index >= 15 is 0 Å². The van der Waals surface area contributed by atoms with Crippen LogP contribution in [0.2, 0.25) is 6.32 Å². The molecule has 1 rings (SSSR count). The number of nitrogens with zero attached hydrogens (tertiary/aromatic N) is 1. The van der Waals surface area contributed by atoms with Gasteiger partial charge in [0.2, 0.25) is 0 Å². The SMILES string of the molecule is CC(=O)C1(C)CCN(CCC(N)(CCCCB(O)O)C(=O)O)CC1. The van der Waals surface area contributed by atoms with Gasteiger partial charge < -0.3 is 25.8 Å². The first-order valence-electron chi connectivity index (χ1n) is 8.71. The maximum Gasteiger partial charge on any atom is 0.451 e. The van der Waals surface area contributed by atoms with Crippen molar-refractivity contribution < 1.29 is 24.7 Å². The van der Waals surface area contributed by atoms with Crippen molar-refractivity contribution in [2.75, 3.05) is 19.6 Å². The average molecular weight is 342 g/mol. The maximum atomic E-state index is 11.7. The predicted molar refractivity (Wildman–Crippen MR) is 92.5 cm³/mol. The lowest BCUT2D eigenvalue weighted by Crippen LogP contribution is -2.51. The van der Waals surface area contributed by atoms with Crippen LogP contribution in [0.25, 0.3) is 0 Å². The molecular weight excluding hydrogens is 311 g/mol. The molecule has 138 valence electrons. The van der Waals surface area contributed by atoms with Crippen LogP contribution >= 0.6 is 0 Å². The van der Waals surface area contributed by atoms with Crippen molar-refractivity contribution in [2.45, 2.75) is 64.2 Å². The number of aliphatic carboxylic acids is 1. The number of carbonyl (C=O) groups is 2. The Morgan fingerprint density at radius 2 is 1.79 bits per heavy atom. The first-order valence-corrected chi connectivity index (χ1v) is 8.71. The van der Waals surface area contributed by atoms with E-state index in [1.807, 2.05) is 6.92 Å². The van der Waals surface area contributed by atoms with Gasteiger partial charge in [-0.15, -0.1) is 0 Å². The molecule has 1 heterocycles. The number of hydrogen-bond donors (Lipinski definition) is 4. The zero-order valence-corrected chi connectivity index (χ0v) is 14.8. The van der Waals surface area contributed by atoms with E-state index in [-0.39, 0.29) is 17.5 Å². The molecule has 0 amide bonds. The summed E-state index contributed by atoms with van der Waals surface area (Å²) in [7, 11) is -1.36. The van der Waals surface area contributed by atoms with Gasteiger partial charge in [-0.1, -0.05) is 19.8 Å². The lowest BCUT2D eigenvalue weighted by atomic mass is 9.77. The highest BCUT2D eigenvalue weighted by atomic mass is 16.4. The summed E-state index contributed by atoms with van der Waals surface area (Å²) >= 11 is 0. The molecular formula is C16H31BN2O5. The van der Waals surface area contributed by atoms with Crippen molar-refractivity contribution in [1.82, 2.24) is 4.90 Å². The minimum absolute atomic E-state index is 0.215. The van der Waals surface area contributed by atoms with E-state index in [0.29, 0.717) is 32.2 Å². The maximum absolute atomic E-state index is 11.7. The Hall–Kier alpha value is -0.955. The molecule has 24 heavy (non-hydrogen) atoms. The highest BCUT2D eigenvalue weighted by Crippen LogP contribution is 2.32. The molecule has 0 aromatic heterocycles. The summed E-state index contributed by atoms with van der Waals surface area (Å²) in [4.78, 5) is 25.4. The second kappa shape index (κ2) is 8.94. The van der Waals surface area contributed by atoms with E-state index in [1.165, 1.54) is 0 Å². The molecule has 8 heteroatoms. The first kappa shape index (κ1) is 21.1. The van der Waals surface area contributed by atoms with Crippen molar-refractivity contribution in [3.05, 3.63) is 0 Å². The van der Waals surface area contributed by atoms with Crippen LogP contribution < -0.4 is 5.73 Å². The summed E-state index contributed by atoms with van der Waals surface area (Å²) in [5.74, 6) is -0.801. The molecule has 1 aliphatic rings. The second-order valence-electron chi connectivity index (χ2n) is 7.40. The Kier molecular flexibility index (Phi) is 7.86. The van der Waals surface area contributed by atoms with Crippen molar-refractivity contribution >= 4 is 18.9 Å². The predicted octanol–water partition coefficient (Wildman–Crippen LogP) is 0.493. The lowest BCUT2D eigenvalue weighted by molar-refractivity contribution is -0.144. The molecule has 0 saturated carbocycles. The highest BCUT2D eigenvalue weighted by molar-refractivity contribution is 6.40. The number of carboxylic acids is 1. The van der Waals surface area contributed by atoms with Crippen LogP contribution in [-0.2, 0) is 9.59 Å². The van der Waals surface area contributed by atoms with E-state index in [0.717, 1.165) is 25.9 Å². The number of carbonyl (C=O) groups excluding carboxylic acids is 1. The van der Waals surface area contributed by atoms with Crippen LogP contribution in [0, 0.1) is 5.41 Å². The van der Waals surface area contributed by atoms with Gasteiger partial charge in [0.15, 0.2) is 0 Å². The molecule has 1 fully saturated rings. The Morgan fingerprint density at radius 3 is 2.25 bits per heavy atom. The summed E-state index contributed by atoms with van der Waals surface area (Å²) in [5, 5.41) is 27.1. The molecule has 0 aromatic carbocycles. The van der Waals surface area contributed by atoms with Gasteiger partial charge in [0.25, 0.3) is 0 Å². The highest BCUT2D eigenvalue weighted by Gasteiger charge is 2.37. The fraction of sp³-hybridized carbons (Fsp3) is 0.875. The molecule has 1 aliphatic heterocycles. The number of likely N-dealkylation sites (tertiary alicyclic amines) is 1. The quantitative estimate of drug-likeness (QED) is 0.336. The van der Waals surface area contributed by atoms with Crippen molar-refractivity contribution in [3.8, 4) is 0 Å². The molecule has 0 radical (unpaired) electrons. The molecule has 1 unspecified atom stereocenters. The molecule has 0 spiro atoms. The van der Waals surface area contributed by atoms with Crippen LogP contribution in [0.4, 0.5) is 0 Å². The lowest BCUT2D eigenvalue weighted by Gasteiger charge is -2.38. The Balaban J connectivity index is 2.44. The van der Waals surface area contributed by atoms with Crippen LogP contribution in [0.1, 0.15) is 52.4 Å². The van der Waals surface area contributed by atoms with Gasteiger partial charge in [-0.25, -0.2) is 0 Å². The largest absolute Gasteiger partial charge is 0.480 e.